The minimum atomic E-state index is -0.369. The molecule has 2 aromatic carbocycles. The van der Waals surface area contributed by atoms with Crippen molar-refractivity contribution in [2.45, 2.75) is 18.9 Å². The van der Waals surface area contributed by atoms with Gasteiger partial charge in [0, 0.05) is 36.3 Å². The van der Waals surface area contributed by atoms with Gasteiger partial charge >= 0.3 is 0 Å². The summed E-state index contributed by atoms with van der Waals surface area (Å²) in [6.07, 6.45) is 4.30. The Morgan fingerprint density at radius 1 is 0.818 bits per heavy atom. The summed E-state index contributed by atoms with van der Waals surface area (Å²) in [5.41, 5.74) is 1.21. The third-order valence-electron chi connectivity index (χ3n) is 5.50. The average Bonchev–Trinajstić information content (AvgIpc) is 3.38. The molecule has 0 bridgehead atoms. The van der Waals surface area contributed by atoms with Gasteiger partial charge < -0.3 is 20.0 Å². The van der Waals surface area contributed by atoms with Crippen LogP contribution >= 0.6 is 0 Å². The summed E-state index contributed by atoms with van der Waals surface area (Å²) >= 11 is 0. The van der Waals surface area contributed by atoms with Crippen LogP contribution < -0.4 is 10.6 Å². The van der Waals surface area contributed by atoms with Crippen LogP contribution in [0.5, 0.6) is 0 Å². The molecule has 2 heterocycles. The molecule has 4 rings (SSSR count). The molecule has 33 heavy (non-hydrogen) atoms. The molecule has 7 nitrogen and oxygen atoms in total. The lowest BCUT2D eigenvalue weighted by molar-refractivity contribution is -0.128. The van der Waals surface area contributed by atoms with Crippen molar-refractivity contribution in [1.82, 2.24) is 15.5 Å². The summed E-state index contributed by atoms with van der Waals surface area (Å²) in [5, 5.41) is 5.77. The Hall–Kier alpha value is -4.13. The highest BCUT2D eigenvalue weighted by atomic mass is 16.3. The van der Waals surface area contributed by atoms with E-state index in [1.807, 2.05) is 24.3 Å². The third-order valence-corrected chi connectivity index (χ3v) is 5.50. The van der Waals surface area contributed by atoms with Crippen LogP contribution in [-0.2, 0) is 4.79 Å². The molecule has 0 spiro atoms. The van der Waals surface area contributed by atoms with Crippen molar-refractivity contribution in [3.8, 4) is 0 Å². The highest BCUT2D eigenvalue weighted by molar-refractivity contribution is 6.05. The highest BCUT2D eigenvalue weighted by Crippen LogP contribution is 2.16. The van der Waals surface area contributed by atoms with E-state index in [-0.39, 0.29) is 29.5 Å². The maximum atomic E-state index is 13.3. The van der Waals surface area contributed by atoms with E-state index >= 15 is 0 Å². The van der Waals surface area contributed by atoms with Crippen LogP contribution in [0.3, 0.4) is 0 Å². The minimum absolute atomic E-state index is 0.0156. The standard InChI is InChI=1S/C26H25N3O4/c30-24(19-8-3-1-4-9-19)27-21-13-15-29(16-14-21)26(32)23(18-22-12-7-17-33-22)28-25(31)20-10-5-2-6-11-20/h1-12,17-18,21H,13-16H2,(H,27,30)(H,28,31)/b23-18-. The molecule has 0 radical (unpaired) electrons. The summed E-state index contributed by atoms with van der Waals surface area (Å²) in [5.74, 6) is -0.305. The van der Waals surface area contributed by atoms with Crippen molar-refractivity contribution in [1.29, 1.82) is 0 Å². The summed E-state index contributed by atoms with van der Waals surface area (Å²) in [6.45, 7) is 0.935. The predicted octanol–water partition coefficient (Wildman–Crippen LogP) is 3.47. The Labute approximate surface area is 192 Å². The van der Waals surface area contributed by atoms with Crippen LogP contribution in [-0.4, -0.2) is 41.8 Å². The number of nitrogens with zero attached hydrogens (tertiary/aromatic N) is 1. The van der Waals surface area contributed by atoms with Crippen LogP contribution in [0.1, 0.15) is 39.3 Å². The van der Waals surface area contributed by atoms with E-state index in [1.54, 1.807) is 53.4 Å². The number of benzene rings is 2. The van der Waals surface area contributed by atoms with E-state index in [2.05, 4.69) is 10.6 Å². The Morgan fingerprint density at radius 3 is 2.00 bits per heavy atom. The van der Waals surface area contributed by atoms with Crippen LogP contribution in [0, 0.1) is 0 Å². The summed E-state index contributed by atoms with van der Waals surface area (Å²) < 4.78 is 5.35. The summed E-state index contributed by atoms with van der Waals surface area (Å²) in [7, 11) is 0. The SMILES string of the molecule is O=C(N/C(=C\c1ccco1)C(=O)N1CCC(NC(=O)c2ccccc2)CC1)c1ccccc1. The number of amides is 3. The lowest BCUT2D eigenvalue weighted by Crippen LogP contribution is -2.48. The molecule has 0 aliphatic carbocycles. The average molecular weight is 444 g/mol. The fraction of sp³-hybridized carbons (Fsp3) is 0.192. The van der Waals surface area contributed by atoms with Crippen molar-refractivity contribution < 1.29 is 18.8 Å². The van der Waals surface area contributed by atoms with Crippen LogP contribution in [0.25, 0.3) is 6.08 Å². The maximum absolute atomic E-state index is 13.3. The molecule has 1 aliphatic rings. The number of hydrogen-bond acceptors (Lipinski definition) is 4. The van der Waals surface area contributed by atoms with Gasteiger partial charge in [-0.25, -0.2) is 0 Å². The topological polar surface area (TPSA) is 91.7 Å². The Morgan fingerprint density at radius 2 is 1.42 bits per heavy atom. The number of piperidine rings is 1. The van der Waals surface area contributed by atoms with Crippen molar-refractivity contribution in [2.75, 3.05) is 13.1 Å². The molecule has 0 atom stereocenters. The number of carbonyl (C=O) groups is 3. The summed E-state index contributed by atoms with van der Waals surface area (Å²) in [6, 6.07) is 21.2. The van der Waals surface area contributed by atoms with Crippen LogP contribution in [0.2, 0.25) is 0 Å². The normalized spacial score (nSPS) is 14.5. The van der Waals surface area contributed by atoms with Crippen LogP contribution in [0.4, 0.5) is 0 Å². The molecule has 7 heteroatoms. The van der Waals surface area contributed by atoms with Gasteiger partial charge in [-0.1, -0.05) is 36.4 Å². The quantitative estimate of drug-likeness (QED) is 0.571. The number of furan rings is 1. The van der Waals surface area contributed by atoms with Gasteiger partial charge in [-0.15, -0.1) is 0 Å². The van der Waals surface area contributed by atoms with Gasteiger partial charge in [-0.3, -0.25) is 14.4 Å². The molecule has 3 aromatic rings. The van der Waals surface area contributed by atoms with Gasteiger partial charge in [0.25, 0.3) is 17.7 Å². The first-order valence-electron chi connectivity index (χ1n) is 10.9. The zero-order valence-electron chi connectivity index (χ0n) is 18.1. The Kier molecular flexibility index (Phi) is 6.99. The third kappa shape index (κ3) is 5.77. The number of hydrogen-bond donors (Lipinski definition) is 2. The molecule has 1 saturated heterocycles. The molecule has 0 unspecified atom stereocenters. The monoisotopic (exact) mass is 443 g/mol. The van der Waals surface area contributed by atoms with E-state index in [0.29, 0.717) is 42.8 Å². The van der Waals surface area contributed by atoms with E-state index in [9.17, 15) is 14.4 Å². The van der Waals surface area contributed by atoms with Crippen LogP contribution in [0.15, 0.2) is 89.2 Å². The van der Waals surface area contributed by atoms with Crippen molar-refractivity contribution in [3.05, 3.63) is 102 Å². The minimum Gasteiger partial charge on any atom is -0.465 e. The maximum Gasteiger partial charge on any atom is 0.270 e. The van der Waals surface area contributed by atoms with E-state index in [0.717, 1.165) is 0 Å². The van der Waals surface area contributed by atoms with Gasteiger partial charge in [0.05, 0.1) is 6.26 Å². The van der Waals surface area contributed by atoms with Gasteiger partial charge in [0.1, 0.15) is 11.5 Å². The second-order valence-electron chi connectivity index (χ2n) is 7.80. The number of carbonyl (C=O) groups excluding carboxylic acids is 3. The molecule has 1 aliphatic heterocycles. The molecule has 168 valence electrons. The largest absolute Gasteiger partial charge is 0.465 e. The van der Waals surface area contributed by atoms with Gasteiger partial charge in [-0.05, 0) is 49.2 Å². The zero-order valence-corrected chi connectivity index (χ0v) is 18.1. The van der Waals surface area contributed by atoms with Crippen molar-refractivity contribution in [3.63, 3.8) is 0 Å². The second-order valence-corrected chi connectivity index (χ2v) is 7.80. The van der Waals surface area contributed by atoms with E-state index in [4.69, 9.17) is 4.42 Å². The Balaban J connectivity index is 1.40. The number of nitrogens with one attached hydrogen (secondary N) is 2. The predicted molar refractivity (Wildman–Crippen MR) is 124 cm³/mol. The first-order valence-corrected chi connectivity index (χ1v) is 10.9. The van der Waals surface area contributed by atoms with Gasteiger partial charge in [-0.2, -0.15) is 0 Å². The van der Waals surface area contributed by atoms with Crippen molar-refractivity contribution >= 4 is 23.8 Å². The Bertz CT molecular complexity index is 1120. The number of rotatable bonds is 6. The highest BCUT2D eigenvalue weighted by Gasteiger charge is 2.27. The second kappa shape index (κ2) is 10.5. The molecular weight excluding hydrogens is 418 g/mol. The lowest BCUT2D eigenvalue weighted by atomic mass is 10.0. The fourth-order valence-corrected chi connectivity index (χ4v) is 3.71. The first kappa shape index (κ1) is 22.1. The molecule has 3 amide bonds. The zero-order chi connectivity index (χ0) is 23.0. The lowest BCUT2D eigenvalue weighted by Gasteiger charge is -2.33. The van der Waals surface area contributed by atoms with Crippen molar-refractivity contribution in [2.24, 2.45) is 0 Å². The molecule has 1 aromatic heterocycles. The summed E-state index contributed by atoms with van der Waals surface area (Å²) in [4.78, 5) is 40.0. The van der Waals surface area contributed by atoms with E-state index in [1.165, 1.54) is 12.3 Å². The smallest absolute Gasteiger partial charge is 0.270 e. The number of likely N-dealkylation sites (tertiary alicyclic amines) is 1. The molecule has 1 fully saturated rings. The van der Waals surface area contributed by atoms with Gasteiger partial charge in [0.15, 0.2) is 0 Å². The van der Waals surface area contributed by atoms with E-state index < -0.39 is 0 Å². The first-order chi connectivity index (χ1) is 16.1. The van der Waals surface area contributed by atoms with Gasteiger partial charge in [0.2, 0.25) is 0 Å². The fourth-order valence-electron chi connectivity index (χ4n) is 3.71. The molecule has 2 N–H and O–H groups in total. The molecular formula is C26H25N3O4. The molecule has 0 saturated carbocycles.